The van der Waals surface area contributed by atoms with Crippen LogP contribution in [0.5, 0.6) is 5.75 Å². The summed E-state index contributed by atoms with van der Waals surface area (Å²) in [5, 5.41) is 13.4. The molecule has 0 spiro atoms. The first-order valence-electron chi connectivity index (χ1n) is 10.0. The number of anilines is 1. The van der Waals surface area contributed by atoms with Gasteiger partial charge in [0.1, 0.15) is 5.75 Å². The molecule has 0 unspecified atom stereocenters. The van der Waals surface area contributed by atoms with E-state index in [1.165, 1.54) is 11.1 Å². The van der Waals surface area contributed by atoms with Crippen molar-refractivity contribution in [2.45, 2.75) is 39.3 Å². The lowest BCUT2D eigenvalue weighted by molar-refractivity contribution is -0.118. The van der Waals surface area contributed by atoms with Gasteiger partial charge >= 0.3 is 0 Å². The Morgan fingerprint density at radius 2 is 2.07 bits per heavy atom. The molecule has 2 aromatic carbocycles. The minimum atomic E-state index is -0.264. The van der Waals surface area contributed by atoms with Crippen LogP contribution in [0.4, 0.5) is 5.69 Å². The van der Waals surface area contributed by atoms with Crippen LogP contribution in [-0.4, -0.2) is 28.8 Å². The molecule has 2 heterocycles. The van der Waals surface area contributed by atoms with Gasteiger partial charge in [0.15, 0.2) is 0 Å². The summed E-state index contributed by atoms with van der Waals surface area (Å²) in [6.07, 6.45) is 3.37. The van der Waals surface area contributed by atoms with Gasteiger partial charge < -0.3 is 15.4 Å². The highest BCUT2D eigenvalue weighted by Gasteiger charge is 2.24. The summed E-state index contributed by atoms with van der Waals surface area (Å²) in [7, 11) is 0. The number of fused-ring (bicyclic) bond motifs is 1. The third-order valence-electron chi connectivity index (χ3n) is 5.24. The van der Waals surface area contributed by atoms with Crippen LogP contribution in [-0.2, 0) is 17.8 Å². The number of H-pyrrole nitrogens is 1. The number of rotatable bonds is 6. The second kappa shape index (κ2) is 8.49. The lowest BCUT2D eigenvalue weighted by Crippen LogP contribution is -2.44. The third-order valence-corrected chi connectivity index (χ3v) is 5.24. The summed E-state index contributed by atoms with van der Waals surface area (Å²) in [6.45, 7) is 5.33. The molecule has 0 saturated carbocycles. The number of benzene rings is 2. The van der Waals surface area contributed by atoms with Gasteiger partial charge in [0.2, 0.25) is 5.91 Å². The van der Waals surface area contributed by atoms with E-state index >= 15 is 0 Å². The van der Waals surface area contributed by atoms with Crippen molar-refractivity contribution in [3.63, 3.8) is 0 Å². The molecule has 3 aromatic rings. The topological polar surface area (TPSA) is 79.0 Å². The molecule has 6 heteroatoms. The Kier molecular flexibility index (Phi) is 5.62. The zero-order chi connectivity index (χ0) is 20.2. The maximum absolute atomic E-state index is 12.9. The number of aromatic amines is 1. The van der Waals surface area contributed by atoms with Crippen LogP contribution in [0.25, 0.3) is 11.1 Å². The smallest absolute Gasteiger partial charge is 0.241 e. The van der Waals surface area contributed by atoms with Gasteiger partial charge in [-0.15, -0.1) is 0 Å². The van der Waals surface area contributed by atoms with Crippen molar-refractivity contribution in [2.24, 2.45) is 0 Å². The summed E-state index contributed by atoms with van der Waals surface area (Å²) in [4.78, 5) is 12.9. The fraction of sp³-hybridized carbons (Fsp3) is 0.304. The predicted octanol–water partition coefficient (Wildman–Crippen LogP) is 3.83. The summed E-state index contributed by atoms with van der Waals surface area (Å²) in [5.74, 6) is 0.627. The van der Waals surface area contributed by atoms with Gasteiger partial charge in [0.05, 0.1) is 24.5 Å². The predicted molar refractivity (Wildman–Crippen MR) is 114 cm³/mol. The molecule has 0 aliphatic carbocycles. The Balaban J connectivity index is 1.54. The first kappa shape index (κ1) is 19.2. The number of carbonyl (C=O) groups excluding carboxylic acids is 1. The molecule has 1 aromatic heterocycles. The number of hydrogen-bond acceptors (Lipinski definition) is 4. The molecule has 0 radical (unpaired) electrons. The van der Waals surface area contributed by atoms with E-state index in [1.807, 2.05) is 37.3 Å². The number of ether oxygens (including phenoxy) is 1. The highest BCUT2D eigenvalue weighted by molar-refractivity contribution is 5.97. The molecule has 0 saturated heterocycles. The van der Waals surface area contributed by atoms with Gasteiger partial charge in [-0.2, -0.15) is 5.10 Å². The number of nitrogens with zero attached hydrogens (tertiary/aromatic N) is 1. The molecule has 4 rings (SSSR count). The van der Waals surface area contributed by atoms with Gasteiger partial charge in [-0.05, 0) is 48.6 Å². The van der Waals surface area contributed by atoms with E-state index in [4.69, 9.17) is 4.74 Å². The third kappa shape index (κ3) is 4.17. The van der Waals surface area contributed by atoms with Crippen LogP contribution < -0.4 is 15.4 Å². The van der Waals surface area contributed by atoms with Gasteiger partial charge in [-0.25, -0.2) is 0 Å². The molecule has 0 fully saturated rings. The molecule has 1 amide bonds. The molecule has 1 aliphatic rings. The van der Waals surface area contributed by atoms with E-state index in [1.54, 1.807) is 6.20 Å². The van der Waals surface area contributed by atoms with Crippen molar-refractivity contribution in [1.29, 1.82) is 0 Å². The van der Waals surface area contributed by atoms with E-state index < -0.39 is 0 Å². The Morgan fingerprint density at radius 1 is 1.24 bits per heavy atom. The second-order valence-corrected chi connectivity index (χ2v) is 7.36. The number of amides is 1. The maximum Gasteiger partial charge on any atom is 0.241 e. The molecule has 150 valence electrons. The quantitative estimate of drug-likeness (QED) is 0.598. The molecular formula is C23H26N4O2. The number of nitrogens with one attached hydrogen (secondary N) is 3. The first-order chi connectivity index (χ1) is 14.2. The Bertz CT molecular complexity index is 1010. The SMILES string of the molecule is CCCOc1cc(-c2cn[nH]c2C)ccc1NC(=O)[C@H]1Cc2ccccc2CN1. The summed E-state index contributed by atoms with van der Waals surface area (Å²) in [6, 6.07) is 13.8. The summed E-state index contributed by atoms with van der Waals surface area (Å²) in [5.41, 5.74) is 6.19. The average molecular weight is 390 g/mol. The molecule has 0 bridgehead atoms. The van der Waals surface area contributed by atoms with E-state index in [0.29, 0.717) is 31.0 Å². The summed E-state index contributed by atoms with van der Waals surface area (Å²) >= 11 is 0. The van der Waals surface area contributed by atoms with E-state index in [-0.39, 0.29) is 11.9 Å². The highest BCUT2D eigenvalue weighted by atomic mass is 16.5. The standard InChI is InChI=1S/C23H26N4O2/c1-3-10-29-22-12-17(19-14-25-27-15(19)2)8-9-20(22)26-23(28)21-11-16-6-4-5-7-18(16)13-24-21/h4-9,12,14,21,24H,3,10-11,13H2,1-2H3,(H,25,27)(H,26,28)/t21-/m1/s1. The molecule has 6 nitrogen and oxygen atoms in total. The molecule has 29 heavy (non-hydrogen) atoms. The van der Waals surface area contributed by atoms with Crippen LogP contribution in [0, 0.1) is 6.92 Å². The molecule has 1 atom stereocenters. The molecular weight excluding hydrogens is 364 g/mol. The Hall–Kier alpha value is -3.12. The molecule has 1 aliphatic heterocycles. The van der Waals surface area contributed by atoms with E-state index in [2.05, 4.69) is 39.9 Å². The fourth-order valence-electron chi connectivity index (χ4n) is 3.63. The highest BCUT2D eigenvalue weighted by Crippen LogP contribution is 2.32. The monoisotopic (exact) mass is 390 g/mol. The van der Waals surface area contributed by atoms with Crippen molar-refractivity contribution < 1.29 is 9.53 Å². The minimum absolute atomic E-state index is 0.0481. The van der Waals surface area contributed by atoms with Gasteiger partial charge in [-0.1, -0.05) is 37.3 Å². The van der Waals surface area contributed by atoms with Crippen LogP contribution in [0.3, 0.4) is 0 Å². The van der Waals surface area contributed by atoms with Crippen molar-refractivity contribution in [3.8, 4) is 16.9 Å². The van der Waals surface area contributed by atoms with Crippen molar-refractivity contribution in [3.05, 3.63) is 65.5 Å². The second-order valence-electron chi connectivity index (χ2n) is 7.36. The Labute approximate surface area is 170 Å². The van der Waals surface area contributed by atoms with Crippen LogP contribution in [0.2, 0.25) is 0 Å². The van der Waals surface area contributed by atoms with Gasteiger partial charge in [0, 0.05) is 17.8 Å². The number of aromatic nitrogens is 2. The lowest BCUT2D eigenvalue weighted by atomic mass is 9.95. The van der Waals surface area contributed by atoms with Crippen molar-refractivity contribution in [2.75, 3.05) is 11.9 Å². The van der Waals surface area contributed by atoms with E-state index in [0.717, 1.165) is 23.2 Å². The normalized spacial score (nSPS) is 15.6. The van der Waals surface area contributed by atoms with Gasteiger partial charge in [0.25, 0.3) is 0 Å². The Morgan fingerprint density at radius 3 is 2.83 bits per heavy atom. The van der Waals surface area contributed by atoms with Gasteiger partial charge in [-0.3, -0.25) is 9.89 Å². The number of aryl methyl sites for hydroxylation is 1. The fourth-order valence-corrected chi connectivity index (χ4v) is 3.63. The van der Waals surface area contributed by atoms with Crippen LogP contribution in [0.15, 0.2) is 48.7 Å². The largest absolute Gasteiger partial charge is 0.491 e. The van der Waals surface area contributed by atoms with Crippen LogP contribution >= 0.6 is 0 Å². The number of carbonyl (C=O) groups is 1. The number of hydrogen-bond donors (Lipinski definition) is 3. The van der Waals surface area contributed by atoms with Crippen molar-refractivity contribution >= 4 is 11.6 Å². The van der Waals surface area contributed by atoms with E-state index in [9.17, 15) is 4.79 Å². The zero-order valence-corrected chi connectivity index (χ0v) is 16.8. The van der Waals surface area contributed by atoms with Crippen molar-refractivity contribution in [1.82, 2.24) is 15.5 Å². The molecule has 3 N–H and O–H groups in total. The minimum Gasteiger partial charge on any atom is -0.491 e. The van der Waals surface area contributed by atoms with Crippen LogP contribution in [0.1, 0.15) is 30.2 Å². The zero-order valence-electron chi connectivity index (χ0n) is 16.8. The lowest BCUT2D eigenvalue weighted by Gasteiger charge is -2.25. The maximum atomic E-state index is 12.9. The first-order valence-corrected chi connectivity index (χ1v) is 10.0. The average Bonchev–Trinajstić information content (AvgIpc) is 3.18. The summed E-state index contributed by atoms with van der Waals surface area (Å²) < 4.78 is 5.94.